The molecule has 1 aromatic carbocycles. The molecular formula is C17H19N5O2. The second kappa shape index (κ2) is 6.66. The van der Waals surface area contributed by atoms with Gasteiger partial charge in [0.05, 0.1) is 11.9 Å². The number of hydrogen-bond donors (Lipinski definition) is 1. The van der Waals surface area contributed by atoms with Crippen molar-refractivity contribution in [1.29, 1.82) is 0 Å². The molecule has 0 radical (unpaired) electrons. The van der Waals surface area contributed by atoms with Crippen molar-refractivity contribution in [2.75, 3.05) is 6.54 Å². The second-order valence-electron chi connectivity index (χ2n) is 6.00. The molecule has 124 valence electrons. The summed E-state index contributed by atoms with van der Waals surface area (Å²) in [5, 5.41) is 7.42. The van der Waals surface area contributed by atoms with Crippen LogP contribution >= 0.6 is 0 Å². The van der Waals surface area contributed by atoms with Gasteiger partial charge in [-0.1, -0.05) is 32.0 Å². The molecule has 0 saturated heterocycles. The first kappa shape index (κ1) is 15.9. The lowest BCUT2D eigenvalue weighted by molar-refractivity contribution is -0.121. The molecule has 2 heterocycles. The van der Waals surface area contributed by atoms with Crippen molar-refractivity contribution in [2.24, 2.45) is 5.92 Å². The Labute approximate surface area is 138 Å². The van der Waals surface area contributed by atoms with Crippen molar-refractivity contribution in [3.63, 3.8) is 0 Å². The van der Waals surface area contributed by atoms with Crippen LogP contribution in [0.25, 0.3) is 16.7 Å². The Balaban J connectivity index is 1.90. The standard InChI is InChI=1S/C17H19N5O2/c1-12(2)8-18-15(23)10-21-11-19-16-14(17(21)24)9-20-22(16)13-6-4-3-5-7-13/h3-7,9,11-12H,8,10H2,1-2H3,(H,18,23). The van der Waals surface area contributed by atoms with Crippen LogP contribution in [-0.2, 0) is 11.3 Å². The van der Waals surface area contributed by atoms with Crippen molar-refractivity contribution < 1.29 is 4.79 Å². The number of amides is 1. The minimum absolute atomic E-state index is 0.0506. The molecule has 3 rings (SSSR count). The molecular weight excluding hydrogens is 306 g/mol. The summed E-state index contributed by atoms with van der Waals surface area (Å²) < 4.78 is 2.91. The second-order valence-corrected chi connectivity index (χ2v) is 6.00. The number of nitrogens with one attached hydrogen (secondary N) is 1. The number of carbonyl (C=O) groups is 1. The highest BCUT2D eigenvalue weighted by Gasteiger charge is 2.13. The number of hydrogen-bond acceptors (Lipinski definition) is 4. The number of nitrogens with zero attached hydrogens (tertiary/aromatic N) is 4. The highest BCUT2D eigenvalue weighted by molar-refractivity contribution is 5.77. The van der Waals surface area contributed by atoms with Gasteiger partial charge < -0.3 is 5.32 Å². The quantitative estimate of drug-likeness (QED) is 0.768. The third-order valence-corrected chi connectivity index (χ3v) is 3.58. The first-order valence-corrected chi connectivity index (χ1v) is 7.81. The van der Waals surface area contributed by atoms with Gasteiger partial charge in [0.25, 0.3) is 5.56 Å². The molecule has 0 spiro atoms. The average Bonchev–Trinajstić information content (AvgIpc) is 3.01. The van der Waals surface area contributed by atoms with Gasteiger partial charge in [-0.15, -0.1) is 0 Å². The number of carbonyl (C=O) groups excluding carboxylic acids is 1. The Morgan fingerprint density at radius 2 is 2.00 bits per heavy atom. The predicted molar refractivity (Wildman–Crippen MR) is 91.0 cm³/mol. The van der Waals surface area contributed by atoms with Crippen molar-refractivity contribution in [3.05, 3.63) is 53.2 Å². The fourth-order valence-corrected chi connectivity index (χ4v) is 2.35. The maximum absolute atomic E-state index is 12.5. The molecule has 0 aliphatic carbocycles. The van der Waals surface area contributed by atoms with Crippen LogP contribution in [-0.4, -0.2) is 31.8 Å². The molecule has 0 bridgehead atoms. The molecule has 7 heteroatoms. The van der Waals surface area contributed by atoms with E-state index >= 15 is 0 Å². The summed E-state index contributed by atoms with van der Waals surface area (Å²) in [6.07, 6.45) is 2.88. The maximum atomic E-state index is 12.5. The van der Waals surface area contributed by atoms with Crippen LogP contribution in [0.4, 0.5) is 0 Å². The number of rotatable bonds is 5. The molecule has 1 N–H and O–H groups in total. The summed E-state index contributed by atoms with van der Waals surface area (Å²) in [5.74, 6) is 0.151. The molecule has 2 aromatic heterocycles. The van der Waals surface area contributed by atoms with Crippen LogP contribution in [0.2, 0.25) is 0 Å². The van der Waals surface area contributed by atoms with E-state index in [-0.39, 0.29) is 18.0 Å². The molecule has 1 amide bonds. The maximum Gasteiger partial charge on any atom is 0.264 e. The molecule has 0 fully saturated rings. The monoisotopic (exact) mass is 325 g/mol. The zero-order chi connectivity index (χ0) is 17.1. The number of fused-ring (bicyclic) bond motifs is 1. The van der Waals surface area contributed by atoms with Crippen molar-refractivity contribution in [1.82, 2.24) is 24.6 Å². The molecule has 3 aromatic rings. The van der Waals surface area contributed by atoms with Gasteiger partial charge in [0.1, 0.15) is 18.3 Å². The fourth-order valence-electron chi connectivity index (χ4n) is 2.35. The lowest BCUT2D eigenvalue weighted by Gasteiger charge is -2.09. The van der Waals surface area contributed by atoms with Gasteiger partial charge in [0.2, 0.25) is 5.91 Å². The molecule has 0 saturated carbocycles. The van der Waals surface area contributed by atoms with Crippen molar-refractivity contribution in [3.8, 4) is 5.69 Å². The lowest BCUT2D eigenvalue weighted by Crippen LogP contribution is -2.34. The Morgan fingerprint density at radius 1 is 1.25 bits per heavy atom. The topological polar surface area (TPSA) is 81.8 Å². The lowest BCUT2D eigenvalue weighted by atomic mass is 10.2. The highest BCUT2D eigenvalue weighted by Crippen LogP contribution is 2.12. The van der Waals surface area contributed by atoms with Gasteiger partial charge in [-0.05, 0) is 18.1 Å². The molecule has 24 heavy (non-hydrogen) atoms. The van der Waals surface area contributed by atoms with Crippen LogP contribution < -0.4 is 10.9 Å². The van der Waals surface area contributed by atoms with Gasteiger partial charge in [0, 0.05) is 6.54 Å². The van der Waals surface area contributed by atoms with Gasteiger partial charge in [-0.25, -0.2) is 9.67 Å². The van der Waals surface area contributed by atoms with E-state index in [4.69, 9.17) is 0 Å². The van der Waals surface area contributed by atoms with Crippen LogP contribution in [0.5, 0.6) is 0 Å². The van der Waals surface area contributed by atoms with Gasteiger partial charge in [-0.2, -0.15) is 5.10 Å². The van der Waals surface area contributed by atoms with E-state index in [1.165, 1.54) is 17.1 Å². The summed E-state index contributed by atoms with van der Waals surface area (Å²) in [7, 11) is 0. The predicted octanol–water partition coefficient (Wildman–Crippen LogP) is 1.35. The average molecular weight is 325 g/mol. The largest absolute Gasteiger partial charge is 0.354 e. The molecule has 0 atom stereocenters. The Bertz CT molecular complexity index is 912. The van der Waals surface area contributed by atoms with E-state index in [1.54, 1.807) is 4.68 Å². The SMILES string of the molecule is CC(C)CNC(=O)Cn1cnc2c(cnn2-c2ccccc2)c1=O. The first-order chi connectivity index (χ1) is 11.6. The summed E-state index contributed by atoms with van der Waals surface area (Å²) >= 11 is 0. The molecule has 0 aliphatic rings. The minimum Gasteiger partial charge on any atom is -0.354 e. The van der Waals surface area contributed by atoms with Gasteiger partial charge in [-0.3, -0.25) is 14.2 Å². The van der Waals surface area contributed by atoms with Crippen LogP contribution in [0, 0.1) is 5.92 Å². The summed E-state index contributed by atoms with van der Waals surface area (Å²) in [5.41, 5.74) is 1.03. The van der Waals surface area contributed by atoms with E-state index in [9.17, 15) is 9.59 Å². The Morgan fingerprint density at radius 3 is 2.71 bits per heavy atom. The first-order valence-electron chi connectivity index (χ1n) is 7.81. The molecule has 0 unspecified atom stereocenters. The molecule has 7 nitrogen and oxygen atoms in total. The normalized spacial score (nSPS) is 11.1. The molecule has 0 aliphatic heterocycles. The van der Waals surface area contributed by atoms with E-state index < -0.39 is 0 Å². The third kappa shape index (κ3) is 3.19. The Kier molecular flexibility index (Phi) is 4.41. The van der Waals surface area contributed by atoms with Crippen molar-refractivity contribution in [2.45, 2.75) is 20.4 Å². The number of para-hydroxylation sites is 1. The smallest absolute Gasteiger partial charge is 0.264 e. The number of benzene rings is 1. The zero-order valence-electron chi connectivity index (χ0n) is 13.6. The highest BCUT2D eigenvalue weighted by atomic mass is 16.2. The van der Waals surface area contributed by atoms with Gasteiger partial charge >= 0.3 is 0 Å². The zero-order valence-corrected chi connectivity index (χ0v) is 13.6. The van der Waals surface area contributed by atoms with Crippen LogP contribution in [0.3, 0.4) is 0 Å². The number of aromatic nitrogens is 4. The Hall–Kier alpha value is -2.96. The van der Waals surface area contributed by atoms with E-state index in [1.807, 2.05) is 44.2 Å². The van der Waals surface area contributed by atoms with E-state index in [0.29, 0.717) is 23.5 Å². The van der Waals surface area contributed by atoms with Crippen LogP contribution in [0.1, 0.15) is 13.8 Å². The van der Waals surface area contributed by atoms with Gasteiger partial charge in [0.15, 0.2) is 5.65 Å². The fraction of sp³-hybridized carbons (Fsp3) is 0.294. The van der Waals surface area contributed by atoms with Crippen LogP contribution in [0.15, 0.2) is 47.7 Å². The third-order valence-electron chi connectivity index (χ3n) is 3.58. The van der Waals surface area contributed by atoms with E-state index in [0.717, 1.165) is 5.69 Å². The summed E-state index contributed by atoms with van der Waals surface area (Å²) in [6, 6.07) is 9.47. The van der Waals surface area contributed by atoms with Crippen molar-refractivity contribution >= 4 is 16.9 Å². The minimum atomic E-state index is -0.276. The summed E-state index contributed by atoms with van der Waals surface area (Å²) in [6.45, 7) is 4.55. The summed E-state index contributed by atoms with van der Waals surface area (Å²) in [4.78, 5) is 28.8. The van der Waals surface area contributed by atoms with E-state index in [2.05, 4.69) is 15.4 Å².